The molecule has 1 aromatic heterocycles. The molecule has 2 rings (SSSR count). The van der Waals surface area contributed by atoms with E-state index in [4.69, 9.17) is 9.47 Å². The van der Waals surface area contributed by atoms with Crippen LogP contribution >= 0.6 is 15.9 Å². The molecule has 1 aromatic rings. The fourth-order valence-corrected chi connectivity index (χ4v) is 2.38. The zero-order valence-electron chi connectivity index (χ0n) is 10.0. The summed E-state index contributed by atoms with van der Waals surface area (Å²) in [5, 5.41) is 0. The molecule has 0 aromatic carbocycles. The summed E-state index contributed by atoms with van der Waals surface area (Å²) in [5.74, 6) is 1.87. The zero-order valence-corrected chi connectivity index (χ0v) is 11.6. The van der Waals surface area contributed by atoms with Gasteiger partial charge in [0, 0.05) is 26.1 Å². The monoisotopic (exact) mass is 301 g/mol. The molecule has 0 aliphatic carbocycles. The van der Waals surface area contributed by atoms with Crippen LogP contribution in [0.1, 0.15) is 6.42 Å². The van der Waals surface area contributed by atoms with E-state index in [1.54, 1.807) is 20.4 Å². The van der Waals surface area contributed by atoms with E-state index < -0.39 is 0 Å². The average molecular weight is 302 g/mol. The maximum Gasteiger partial charge on any atom is 0.232 e. The van der Waals surface area contributed by atoms with Crippen LogP contribution in [0.3, 0.4) is 0 Å². The van der Waals surface area contributed by atoms with Crippen molar-refractivity contribution < 1.29 is 9.47 Å². The van der Waals surface area contributed by atoms with Crippen molar-refractivity contribution in [2.24, 2.45) is 5.92 Å². The Kier molecular flexibility index (Phi) is 4.17. The Balaban J connectivity index is 2.08. The predicted molar refractivity (Wildman–Crippen MR) is 68.5 cm³/mol. The molecule has 0 spiro atoms. The molecule has 0 saturated carbocycles. The van der Waals surface area contributed by atoms with Crippen molar-refractivity contribution in [3.63, 3.8) is 0 Å². The quantitative estimate of drug-likeness (QED) is 0.847. The second-order valence-electron chi connectivity index (χ2n) is 4.08. The van der Waals surface area contributed by atoms with Crippen molar-refractivity contribution in [2.75, 3.05) is 38.8 Å². The third-order valence-electron chi connectivity index (χ3n) is 2.86. The molecule has 0 bridgehead atoms. The molecule has 5 nitrogen and oxygen atoms in total. The van der Waals surface area contributed by atoms with E-state index >= 15 is 0 Å². The predicted octanol–water partition coefficient (Wildman–Crippen LogP) is 1.72. The Bertz CT molecular complexity index is 389. The summed E-state index contributed by atoms with van der Waals surface area (Å²) in [6.07, 6.45) is 2.85. The number of nitrogens with zero attached hydrogens (tertiary/aromatic N) is 3. The first-order valence-electron chi connectivity index (χ1n) is 5.55. The summed E-state index contributed by atoms with van der Waals surface area (Å²) < 4.78 is 11.1. The number of methoxy groups -OCH3 is 2. The van der Waals surface area contributed by atoms with Gasteiger partial charge in [0.1, 0.15) is 0 Å². The van der Waals surface area contributed by atoms with Crippen molar-refractivity contribution >= 4 is 21.9 Å². The van der Waals surface area contributed by atoms with Gasteiger partial charge < -0.3 is 14.4 Å². The van der Waals surface area contributed by atoms with Gasteiger partial charge in [-0.2, -0.15) is 4.98 Å². The van der Waals surface area contributed by atoms with E-state index in [2.05, 4.69) is 30.8 Å². The number of hydrogen-bond acceptors (Lipinski definition) is 5. The summed E-state index contributed by atoms with van der Waals surface area (Å²) >= 11 is 3.35. The summed E-state index contributed by atoms with van der Waals surface area (Å²) in [6.45, 7) is 2.71. The molecular weight excluding hydrogens is 286 g/mol. The molecule has 1 saturated heterocycles. The molecule has 0 amide bonds. The van der Waals surface area contributed by atoms with E-state index in [9.17, 15) is 0 Å². The van der Waals surface area contributed by atoms with E-state index in [1.165, 1.54) is 0 Å². The highest BCUT2D eigenvalue weighted by atomic mass is 79.9. The molecule has 1 atom stereocenters. The normalized spacial score (nSPS) is 19.7. The second kappa shape index (κ2) is 5.64. The van der Waals surface area contributed by atoms with Crippen LogP contribution in [0, 0.1) is 5.92 Å². The minimum atomic E-state index is 0.568. The van der Waals surface area contributed by atoms with Gasteiger partial charge in [0.2, 0.25) is 11.8 Å². The molecule has 1 aliphatic rings. The van der Waals surface area contributed by atoms with Gasteiger partial charge in [-0.1, -0.05) is 0 Å². The van der Waals surface area contributed by atoms with Gasteiger partial charge in [-0.3, -0.25) is 0 Å². The Labute approximate surface area is 109 Å². The molecular formula is C11H16BrN3O2. The number of rotatable bonds is 4. The summed E-state index contributed by atoms with van der Waals surface area (Å²) in [5.41, 5.74) is 0. The topological polar surface area (TPSA) is 47.5 Å². The lowest BCUT2D eigenvalue weighted by atomic mass is 10.1. The molecule has 1 aliphatic heterocycles. The largest absolute Gasteiger partial charge is 0.480 e. The van der Waals surface area contributed by atoms with Crippen molar-refractivity contribution in [2.45, 2.75) is 6.42 Å². The van der Waals surface area contributed by atoms with Gasteiger partial charge in [-0.25, -0.2) is 4.98 Å². The molecule has 0 N–H and O–H groups in total. The molecule has 94 valence electrons. The fraction of sp³-hybridized carbons (Fsp3) is 0.636. The van der Waals surface area contributed by atoms with E-state index in [0.717, 1.165) is 36.5 Å². The highest BCUT2D eigenvalue weighted by Gasteiger charge is 2.24. The highest BCUT2D eigenvalue weighted by molar-refractivity contribution is 9.10. The molecule has 0 radical (unpaired) electrons. The van der Waals surface area contributed by atoms with Gasteiger partial charge in [0.15, 0.2) is 0 Å². The number of anilines is 1. The lowest BCUT2D eigenvalue weighted by molar-refractivity contribution is 0.161. The average Bonchev–Trinajstić information content (AvgIpc) is 2.79. The Morgan fingerprint density at radius 1 is 1.53 bits per heavy atom. The SMILES string of the molecule is COCC1CCN(c2ncc(Br)c(OC)n2)C1. The second-order valence-corrected chi connectivity index (χ2v) is 4.94. The summed E-state index contributed by atoms with van der Waals surface area (Å²) in [6, 6.07) is 0. The minimum absolute atomic E-state index is 0.568. The lowest BCUT2D eigenvalue weighted by Crippen LogP contribution is -2.23. The Morgan fingerprint density at radius 2 is 2.35 bits per heavy atom. The fourth-order valence-electron chi connectivity index (χ4n) is 2.02. The van der Waals surface area contributed by atoms with E-state index in [1.807, 2.05) is 0 Å². The maximum atomic E-state index is 5.17. The molecule has 1 unspecified atom stereocenters. The zero-order chi connectivity index (χ0) is 12.3. The third kappa shape index (κ3) is 2.87. The van der Waals surface area contributed by atoms with Crippen molar-refractivity contribution in [3.8, 4) is 5.88 Å². The summed E-state index contributed by atoms with van der Waals surface area (Å²) in [7, 11) is 3.34. The van der Waals surface area contributed by atoms with Crippen molar-refractivity contribution in [3.05, 3.63) is 10.7 Å². The highest BCUT2D eigenvalue weighted by Crippen LogP contribution is 2.26. The molecule has 1 fully saturated rings. The first-order valence-corrected chi connectivity index (χ1v) is 6.34. The third-order valence-corrected chi connectivity index (χ3v) is 3.41. The number of aromatic nitrogens is 2. The van der Waals surface area contributed by atoms with E-state index in [-0.39, 0.29) is 0 Å². The van der Waals surface area contributed by atoms with Gasteiger partial charge in [0.25, 0.3) is 0 Å². The molecule has 6 heteroatoms. The van der Waals surface area contributed by atoms with Gasteiger partial charge >= 0.3 is 0 Å². The van der Waals surface area contributed by atoms with Gasteiger partial charge in [-0.05, 0) is 22.4 Å². The smallest absolute Gasteiger partial charge is 0.232 e. The van der Waals surface area contributed by atoms with Crippen LogP contribution in [0.15, 0.2) is 10.7 Å². The van der Waals surface area contributed by atoms with Gasteiger partial charge in [0.05, 0.1) is 24.4 Å². The summed E-state index contributed by atoms with van der Waals surface area (Å²) in [4.78, 5) is 10.8. The van der Waals surface area contributed by atoms with Crippen LogP contribution in [0.25, 0.3) is 0 Å². The van der Waals surface area contributed by atoms with Crippen LogP contribution < -0.4 is 9.64 Å². The minimum Gasteiger partial charge on any atom is -0.480 e. The van der Waals surface area contributed by atoms with Crippen LogP contribution in [0.2, 0.25) is 0 Å². The van der Waals surface area contributed by atoms with Crippen LogP contribution in [-0.4, -0.2) is 43.9 Å². The van der Waals surface area contributed by atoms with E-state index in [0.29, 0.717) is 11.8 Å². The van der Waals surface area contributed by atoms with Crippen molar-refractivity contribution in [1.82, 2.24) is 9.97 Å². The Morgan fingerprint density at radius 3 is 3.06 bits per heavy atom. The number of halogens is 1. The first-order chi connectivity index (χ1) is 8.24. The molecule has 2 heterocycles. The van der Waals surface area contributed by atoms with Gasteiger partial charge in [-0.15, -0.1) is 0 Å². The van der Waals surface area contributed by atoms with Crippen molar-refractivity contribution in [1.29, 1.82) is 0 Å². The standard InChI is InChI=1S/C11H16BrN3O2/c1-16-7-8-3-4-15(6-8)11-13-5-9(12)10(14-11)17-2/h5,8H,3-4,6-7H2,1-2H3. The maximum absolute atomic E-state index is 5.17. The van der Waals surface area contributed by atoms with Crippen LogP contribution in [0.4, 0.5) is 5.95 Å². The lowest BCUT2D eigenvalue weighted by Gasteiger charge is -2.16. The van der Waals surface area contributed by atoms with Crippen LogP contribution in [-0.2, 0) is 4.74 Å². The molecule has 17 heavy (non-hydrogen) atoms. The Hall–Kier alpha value is -0.880. The number of ether oxygens (including phenoxy) is 2. The van der Waals surface area contributed by atoms with Crippen LogP contribution in [0.5, 0.6) is 5.88 Å². The first kappa shape index (κ1) is 12.6. The number of hydrogen-bond donors (Lipinski definition) is 0.